The van der Waals surface area contributed by atoms with Crippen LogP contribution in [0.2, 0.25) is 0 Å². The van der Waals surface area contributed by atoms with Crippen LogP contribution in [0.25, 0.3) is 0 Å². The van der Waals surface area contributed by atoms with E-state index in [0.717, 1.165) is 6.33 Å². The van der Waals surface area contributed by atoms with E-state index in [2.05, 4.69) is 36.5 Å². The molecule has 0 saturated carbocycles. The van der Waals surface area contributed by atoms with Crippen LogP contribution < -0.4 is 10.6 Å². The van der Waals surface area contributed by atoms with E-state index in [4.69, 9.17) is 0 Å². The number of nitrogens with one attached hydrogen (secondary N) is 2. The number of carbonyl (C=O) groups excluding carboxylic acids is 1. The molecule has 0 bridgehead atoms. The first-order chi connectivity index (χ1) is 13.3. The zero-order valence-corrected chi connectivity index (χ0v) is 16.0. The van der Waals surface area contributed by atoms with E-state index in [1.165, 1.54) is 19.1 Å². The number of hydrogen-bond donors (Lipinski definition) is 2. The molecular formula is C18H13BrFN5O3. The van der Waals surface area contributed by atoms with Crippen LogP contribution in [0.1, 0.15) is 17.3 Å². The second-order valence-corrected chi connectivity index (χ2v) is 6.60. The fourth-order valence-corrected chi connectivity index (χ4v) is 2.74. The van der Waals surface area contributed by atoms with Gasteiger partial charge in [-0.3, -0.25) is 14.9 Å². The van der Waals surface area contributed by atoms with Crippen molar-refractivity contribution in [3.05, 3.63) is 74.8 Å². The van der Waals surface area contributed by atoms with Crippen LogP contribution in [-0.4, -0.2) is 20.7 Å². The van der Waals surface area contributed by atoms with E-state index in [0.29, 0.717) is 15.7 Å². The van der Waals surface area contributed by atoms with Crippen molar-refractivity contribution in [3.8, 4) is 0 Å². The molecule has 8 nitrogen and oxygen atoms in total. The lowest BCUT2D eigenvalue weighted by molar-refractivity contribution is -0.383. The van der Waals surface area contributed by atoms with Gasteiger partial charge in [0.25, 0.3) is 0 Å². The quantitative estimate of drug-likeness (QED) is 0.312. The minimum Gasteiger partial charge on any atom is -0.334 e. The Morgan fingerprint density at radius 1 is 1.14 bits per heavy atom. The molecule has 3 rings (SSSR count). The first-order valence-corrected chi connectivity index (χ1v) is 8.74. The molecule has 0 aliphatic heterocycles. The van der Waals surface area contributed by atoms with Gasteiger partial charge in [-0.1, -0.05) is 28.1 Å². The molecule has 0 spiro atoms. The molecule has 10 heteroatoms. The Morgan fingerprint density at radius 3 is 2.50 bits per heavy atom. The van der Waals surface area contributed by atoms with E-state index in [1.807, 2.05) is 0 Å². The van der Waals surface area contributed by atoms with Crippen LogP contribution in [0.3, 0.4) is 0 Å². The van der Waals surface area contributed by atoms with Gasteiger partial charge in [-0.05, 0) is 37.3 Å². The zero-order chi connectivity index (χ0) is 20.3. The number of nitrogens with zero attached hydrogens (tertiary/aromatic N) is 3. The monoisotopic (exact) mass is 445 g/mol. The topological polar surface area (TPSA) is 110 Å². The van der Waals surface area contributed by atoms with Gasteiger partial charge in [-0.25, -0.2) is 14.4 Å². The molecule has 2 aromatic carbocycles. The Kier molecular flexibility index (Phi) is 5.59. The van der Waals surface area contributed by atoms with Crippen LogP contribution >= 0.6 is 15.9 Å². The molecule has 0 unspecified atom stereocenters. The molecule has 0 atom stereocenters. The molecule has 2 N–H and O–H groups in total. The molecule has 0 radical (unpaired) electrons. The molecule has 0 saturated heterocycles. The number of rotatable bonds is 6. The number of nitro groups is 1. The minimum atomic E-state index is -0.670. The smallest absolute Gasteiger partial charge is 0.334 e. The van der Waals surface area contributed by atoms with E-state index >= 15 is 0 Å². The lowest BCUT2D eigenvalue weighted by Crippen LogP contribution is -2.06. The van der Waals surface area contributed by atoms with Crippen molar-refractivity contribution < 1.29 is 14.1 Å². The summed E-state index contributed by atoms with van der Waals surface area (Å²) in [6.45, 7) is 1.42. The molecule has 1 aromatic heterocycles. The summed E-state index contributed by atoms with van der Waals surface area (Å²) in [4.78, 5) is 30.3. The summed E-state index contributed by atoms with van der Waals surface area (Å²) in [6, 6.07) is 10.7. The number of benzene rings is 2. The van der Waals surface area contributed by atoms with Crippen LogP contribution in [0.5, 0.6) is 0 Å². The van der Waals surface area contributed by atoms with Crippen LogP contribution in [-0.2, 0) is 0 Å². The number of anilines is 4. The van der Waals surface area contributed by atoms with Gasteiger partial charge >= 0.3 is 5.69 Å². The maximum Gasteiger partial charge on any atom is 0.353 e. The molecular weight excluding hydrogens is 433 g/mol. The van der Waals surface area contributed by atoms with Crippen molar-refractivity contribution in [2.24, 2.45) is 0 Å². The van der Waals surface area contributed by atoms with Crippen molar-refractivity contribution in [2.45, 2.75) is 6.92 Å². The highest BCUT2D eigenvalue weighted by Crippen LogP contribution is 2.34. The fourth-order valence-electron chi connectivity index (χ4n) is 2.41. The number of halogens is 2. The van der Waals surface area contributed by atoms with Gasteiger partial charge in [0.15, 0.2) is 5.78 Å². The van der Waals surface area contributed by atoms with Gasteiger partial charge in [-0.2, -0.15) is 0 Å². The highest BCUT2D eigenvalue weighted by atomic mass is 79.9. The Morgan fingerprint density at radius 2 is 1.86 bits per heavy atom. The number of aromatic nitrogens is 2. The highest BCUT2D eigenvalue weighted by molar-refractivity contribution is 9.10. The first-order valence-electron chi connectivity index (χ1n) is 7.94. The Bertz CT molecular complexity index is 1080. The molecule has 3 aromatic rings. The Labute approximate surface area is 167 Å². The number of hydrogen-bond acceptors (Lipinski definition) is 7. The molecule has 0 fully saturated rings. The van der Waals surface area contributed by atoms with Gasteiger partial charge in [0.1, 0.15) is 12.1 Å². The standard InChI is InChI=1S/C18H13BrFN5O3/c1-10(26)11-3-2-4-13(7-11)23-17-16(25(27)28)18(22-9-21-17)24-15-6-5-12(19)8-14(15)20/h2-9H,1H3,(H2,21,22,23,24). The molecule has 0 amide bonds. The third-order valence-corrected chi connectivity index (χ3v) is 4.21. The predicted molar refractivity (Wildman–Crippen MR) is 106 cm³/mol. The molecule has 0 aliphatic rings. The van der Waals surface area contributed by atoms with Crippen LogP contribution in [0.4, 0.5) is 33.1 Å². The van der Waals surface area contributed by atoms with Gasteiger partial charge in [0.05, 0.1) is 10.6 Å². The van der Waals surface area contributed by atoms with Crippen molar-refractivity contribution in [3.63, 3.8) is 0 Å². The van der Waals surface area contributed by atoms with Crippen molar-refractivity contribution >= 4 is 50.4 Å². The van der Waals surface area contributed by atoms with E-state index in [9.17, 15) is 19.3 Å². The summed E-state index contributed by atoms with van der Waals surface area (Å²) in [6.07, 6.45) is 1.11. The number of Topliss-reactive ketones (excluding diaryl/α,β-unsaturated/α-hetero) is 1. The zero-order valence-electron chi connectivity index (χ0n) is 14.4. The average Bonchev–Trinajstić information content (AvgIpc) is 2.64. The largest absolute Gasteiger partial charge is 0.353 e. The summed E-state index contributed by atoms with van der Waals surface area (Å²) in [5.41, 5.74) is 0.444. The maximum atomic E-state index is 14.1. The maximum absolute atomic E-state index is 14.1. The van der Waals surface area contributed by atoms with Crippen LogP contribution in [0.15, 0.2) is 53.3 Å². The third kappa shape index (κ3) is 4.29. The van der Waals surface area contributed by atoms with E-state index < -0.39 is 16.4 Å². The summed E-state index contributed by atoms with van der Waals surface area (Å²) in [5.74, 6) is -1.02. The summed E-state index contributed by atoms with van der Waals surface area (Å²) < 4.78 is 14.6. The molecule has 0 aliphatic carbocycles. The molecule has 142 valence electrons. The van der Waals surface area contributed by atoms with Crippen molar-refractivity contribution in [2.75, 3.05) is 10.6 Å². The third-order valence-electron chi connectivity index (χ3n) is 3.72. The highest BCUT2D eigenvalue weighted by Gasteiger charge is 2.24. The Balaban J connectivity index is 1.99. The molecule has 28 heavy (non-hydrogen) atoms. The van der Waals surface area contributed by atoms with Crippen molar-refractivity contribution in [1.29, 1.82) is 0 Å². The predicted octanol–water partition coefficient (Wildman–Crippen LogP) is 4.98. The summed E-state index contributed by atoms with van der Waals surface area (Å²) >= 11 is 3.15. The number of ketones is 1. The van der Waals surface area contributed by atoms with Gasteiger partial charge in [0.2, 0.25) is 11.6 Å². The fraction of sp³-hybridized carbons (Fsp3) is 0.0556. The van der Waals surface area contributed by atoms with Crippen LogP contribution in [0, 0.1) is 15.9 Å². The average molecular weight is 446 g/mol. The second kappa shape index (κ2) is 8.09. The Hall–Kier alpha value is -3.40. The molecule has 1 heterocycles. The summed E-state index contributed by atoms with van der Waals surface area (Å²) in [5, 5.41) is 17.1. The van der Waals surface area contributed by atoms with Gasteiger partial charge < -0.3 is 10.6 Å². The normalized spacial score (nSPS) is 10.4. The lowest BCUT2D eigenvalue weighted by Gasteiger charge is -2.11. The first kappa shape index (κ1) is 19.4. The summed E-state index contributed by atoms with van der Waals surface area (Å²) in [7, 11) is 0. The number of carbonyl (C=O) groups is 1. The second-order valence-electron chi connectivity index (χ2n) is 5.69. The van der Waals surface area contributed by atoms with E-state index in [1.54, 1.807) is 30.3 Å². The van der Waals surface area contributed by atoms with Crippen molar-refractivity contribution in [1.82, 2.24) is 9.97 Å². The van der Waals surface area contributed by atoms with Gasteiger partial charge in [0, 0.05) is 15.7 Å². The van der Waals surface area contributed by atoms with Gasteiger partial charge in [-0.15, -0.1) is 0 Å². The lowest BCUT2D eigenvalue weighted by atomic mass is 10.1. The SMILES string of the molecule is CC(=O)c1cccc(Nc2ncnc(Nc3ccc(Br)cc3F)c2[N+](=O)[O-])c1. The minimum absolute atomic E-state index is 0.0227. The van der Waals surface area contributed by atoms with E-state index in [-0.39, 0.29) is 23.1 Å².